The molecule has 0 spiro atoms. The second kappa shape index (κ2) is 6.55. The highest BCUT2D eigenvalue weighted by atomic mass is 16.3. The first kappa shape index (κ1) is 13.8. The number of carbonyl (C=O) groups is 1. The highest BCUT2D eigenvalue weighted by Crippen LogP contribution is 2.30. The summed E-state index contributed by atoms with van der Waals surface area (Å²) in [7, 11) is 0. The molecule has 0 aromatic carbocycles. The molecule has 0 bridgehead atoms. The van der Waals surface area contributed by atoms with Crippen molar-refractivity contribution >= 4 is 5.91 Å². The Hall–Kier alpha value is -1.58. The third kappa shape index (κ3) is 3.69. The van der Waals surface area contributed by atoms with Gasteiger partial charge in [0.2, 0.25) is 0 Å². The summed E-state index contributed by atoms with van der Waals surface area (Å²) in [5, 5.41) is 12.4. The van der Waals surface area contributed by atoms with Crippen LogP contribution >= 0.6 is 0 Å². The number of amides is 1. The van der Waals surface area contributed by atoms with Crippen LogP contribution in [0.3, 0.4) is 0 Å². The van der Waals surface area contributed by atoms with E-state index in [0.717, 1.165) is 5.92 Å². The average molecular weight is 262 g/mol. The maximum atomic E-state index is 11.9. The molecule has 1 aromatic heterocycles. The summed E-state index contributed by atoms with van der Waals surface area (Å²) in [5.74, 6) is 1.09. The number of rotatable bonds is 4. The van der Waals surface area contributed by atoms with Gasteiger partial charge in [-0.1, -0.05) is 26.2 Å². The molecule has 1 aliphatic carbocycles. The van der Waals surface area contributed by atoms with E-state index in [-0.39, 0.29) is 17.4 Å². The summed E-state index contributed by atoms with van der Waals surface area (Å²) in [6.45, 7) is 2.93. The van der Waals surface area contributed by atoms with Crippen LogP contribution in [0.1, 0.15) is 49.5 Å². The van der Waals surface area contributed by atoms with Crippen LogP contribution in [0.15, 0.2) is 18.3 Å². The quantitative estimate of drug-likeness (QED) is 0.877. The third-order valence-electron chi connectivity index (χ3n) is 4.10. The van der Waals surface area contributed by atoms with Crippen molar-refractivity contribution in [2.45, 2.75) is 39.0 Å². The predicted molar refractivity (Wildman–Crippen MR) is 74.0 cm³/mol. The van der Waals surface area contributed by atoms with Gasteiger partial charge in [0.05, 0.1) is 0 Å². The molecule has 0 aliphatic heterocycles. The monoisotopic (exact) mass is 262 g/mol. The van der Waals surface area contributed by atoms with E-state index in [2.05, 4.69) is 17.2 Å². The van der Waals surface area contributed by atoms with E-state index in [9.17, 15) is 9.90 Å². The number of pyridine rings is 1. The second-order valence-electron chi connectivity index (χ2n) is 5.38. The lowest BCUT2D eigenvalue weighted by molar-refractivity contribution is 0.0933. The molecule has 1 amide bonds. The first-order valence-electron chi connectivity index (χ1n) is 7.13. The normalized spacial score (nSPS) is 23.0. The fourth-order valence-corrected chi connectivity index (χ4v) is 2.74. The summed E-state index contributed by atoms with van der Waals surface area (Å²) in [6.07, 6.45) is 7.69. The lowest BCUT2D eigenvalue weighted by atomic mass is 9.81. The van der Waals surface area contributed by atoms with E-state index < -0.39 is 0 Å². The number of aromatic hydroxyl groups is 1. The second-order valence-corrected chi connectivity index (χ2v) is 5.38. The van der Waals surface area contributed by atoms with Gasteiger partial charge in [0.1, 0.15) is 5.75 Å². The Morgan fingerprint density at radius 1 is 1.37 bits per heavy atom. The van der Waals surface area contributed by atoms with Crippen molar-refractivity contribution in [3.63, 3.8) is 0 Å². The average Bonchev–Trinajstić information content (AvgIpc) is 2.46. The molecule has 0 saturated heterocycles. The molecule has 0 unspecified atom stereocenters. The Balaban J connectivity index is 1.80. The summed E-state index contributed by atoms with van der Waals surface area (Å²) in [4.78, 5) is 15.8. The van der Waals surface area contributed by atoms with Crippen LogP contribution in [0, 0.1) is 11.8 Å². The van der Waals surface area contributed by atoms with Gasteiger partial charge in [0.25, 0.3) is 5.91 Å². The van der Waals surface area contributed by atoms with E-state index in [4.69, 9.17) is 0 Å². The maximum Gasteiger partial charge on any atom is 0.273 e. The standard InChI is InChI=1S/C15H22N2O2/c1-2-11-5-7-12(8-6-11)10-17-15(19)14-13(18)4-3-9-16-14/h3-4,9,11-12,18H,2,5-8,10H2,1H3,(H,17,19). The van der Waals surface area contributed by atoms with Crippen LogP contribution in [-0.2, 0) is 0 Å². The Morgan fingerprint density at radius 2 is 2.05 bits per heavy atom. The molecule has 4 nitrogen and oxygen atoms in total. The van der Waals surface area contributed by atoms with Crippen molar-refractivity contribution in [2.24, 2.45) is 11.8 Å². The number of hydrogen-bond acceptors (Lipinski definition) is 3. The molecule has 1 fully saturated rings. The molecule has 1 heterocycles. The number of carbonyl (C=O) groups excluding carboxylic acids is 1. The molecule has 0 atom stereocenters. The van der Waals surface area contributed by atoms with Crippen LogP contribution < -0.4 is 5.32 Å². The molecule has 1 saturated carbocycles. The summed E-state index contributed by atoms with van der Waals surface area (Å²) < 4.78 is 0. The number of nitrogens with zero attached hydrogens (tertiary/aromatic N) is 1. The van der Waals surface area contributed by atoms with E-state index >= 15 is 0 Å². The van der Waals surface area contributed by atoms with Gasteiger partial charge >= 0.3 is 0 Å². The highest BCUT2D eigenvalue weighted by Gasteiger charge is 2.21. The van der Waals surface area contributed by atoms with Crippen LogP contribution in [0.2, 0.25) is 0 Å². The first-order chi connectivity index (χ1) is 9.20. The van der Waals surface area contributed by atoms with Gasteiger partial charge in [-0.3, -0.25) is 4.79 Å². The smallest absolute Gasteiger partial charge is 0.273 e. The molecule has 2 rings (SSSR count). The van der Waals surface area contributed by atoms with Crippen LogP contribution in [-0.4, -0.2) is 22.5 Å². The largest absolute Gasteiger partial charge is 0.505 e. The summed E-state index contributed by atoms with van der Waals surface area (Å²) in [6, 6.07) is 3.09. The zero-order valence-electron chi connectivity index (χ0n) is 11.4. The van der Waals surface area contributed by atoms with E-state index in [1.54, 1.807) is 6.07 Å². The van der Waals surface area contributed by atoms with Gasteiger partial charge in [0.15, 0.2) is 5.69 Å². The topological polar surface area (TPSA) is 62.2 Å². The van der Waals surface area contributed by atoms with Gasteiger partial charge < -0.3 is 10.4 Å². The summed E-state index contributed by atoms with van der Waals surface area (Å²) >= 11 is 0. The Kier molecular flexibility index (Phi) is 4.77. The Morgan fingerprint density at radius 3 is 2.68 bits per heavy atom. The van der Waals surface area contributed by atoms with Crippen molar-refractivity contribution in [3.8, 4) is 5.75 Å². The molecule has 0 radical (unpaired) electrons. The van der Waals surface area contributed by atoms with Crippen molar-refractivity contribution < 1.29 is 9.90 Å². The third-order valence-corrected chi connectivity index (χ3v) is 4.10. The van der Waals surface area contributed by atoms with Gasteiger partial charge in [0, 0.05) is 12.7 Å². The zero-order valence-corrected chi connectivity index (χ0v) is 11.4. The van der Waals surface area contributed by atoms with Gasteiger partial charge in [-0.15, -0.1) is 0 Å². The van der Waals surface area contributed by atoms with Crippen LogP contribution in [0.5, 0.6) is 5.75 Å². The minimum Gasteiger partial charge on any atom is -0.505 e. The molecule has 19 heavy (non-hydrogen) atoms. The minimum absolute atomic E-state index is 0.0605. The Bertz CT molecular complexity index is 426. The fraction of sp³-hybridized carbons (Fsp3) is 0.600. The Labute approximate surface area is 114 Å². The number of hydrogen-bond donors (Lipinski definition) is 2. The van der Waals surface area contributed by atoms with Gasteiger partial charge in [-0.05, 0) is 36.8 Å². The zero-order chi connectivity index (χ0) is 13.7. The van der Waals surface area contributed by atoms with Gasteiger partial charge in [-0.25, -0.2) is 4.98 Å². The minimum atomic E-state index is -0.282. The SMILES string of the molecule is CCC1CCC(CNC(=O)c2ncccc2O)CC1. The summed E-state index contributed by atoms with van der Waals surface area (Å²) in [5.41, 5.74) is 0.116. The van der Waals surface area contributed by atoms with Crippen molar-refractivity contribution in [3.05, 3.63) is 24.0 Å². The molecular formula is C15H22N2O2. The van der Waals surface area contributed by atoms with Crippen LogP contribution in [0.4, 0.5) is 0 Å². The van der Waals surface area contributed by atoms with Gasteiger partial charge in [-0.2, -0.15) is 0 Å². The van der Waals surface area contributed by atoms with E-state index in [1.807, 2.05) is 0 Å². The number of aromatic nitrogens is 1. The fourth-order valence-electron chi connectivity index (χ4n) is 2.74. The molecule has 104 valence electrons. The van der Waals surface area contributed by atoms with Crippen molar-refractivity contribution in [1.82, 2.24) is 10.3 Å². The lowest BCUT2D eigenvalue weighted by Gasteiger charge is -2.27. The molecule has 1 aromatic rings. The van der Waals surface area contributed by atoms with Crippen molar-refractivity contribution in [2.75, 3.05) is 6.54 Å². The molecule has 1 aliphatic rings. The maximum absolute atomic E-state index is 11.9. The molecular weight excluding hydrogens is 240 g/mol. The predicted octanol–water partition coefficient (Wildman–Crippen LogP) is 2.73. The number of nitrogens with one attached hydrogen (secondary N) is 1. The van der Waals surface area contributed by atoms with Crippen LogP contribution in [0.25, 0.3) is 0 Å². The first-order valence-corrected chi connectivity index (χ1v) is 7.13. The molecule has 4 heteroatoms. The van der Waals surface area contributed by atoms with E-state index in [1.165, 1.54) is 44.4 Å². The highest BCUT2D eigenvalue weighted by molar-refractivity contribution is 5.94. The van der Waals surface area contributed by atoms with E-state index in [0.29, 0.717) is 12.5 Å². The molecule has 2 N–H and O–H groups in total. The lowest BCUT2D eigenvalue weighted by Crippen LogP contribution is -2.31. The van der Waals surface area contributed by atoms with Crippen molar-refractivity contribution in [1.29, 1.82) is 0 Å².